The number of amides is 3. The number of ketones is 1. The number of imide groups is 1. The van der Waals surface area contributed by atoms with E-state index in [0.29, 0.717) is 18.4 Å². The summed E-state index contributed by atoms with van der Waals surface area (Å²) in [5.41, 5.74) is 0.579. The number of allylic oxidation sites excluding steroid dienone is 2. The normalized spacial score (nSPS) is 17.8. The van der Waals surface area contributed by atoms with Crippen LogP contribution < -0.4 is 4.74 Å². The molecule has 1 aliphatic carbocycles. The fraction of sp³-hybridized carbons (Fsp3) is 0.167. The Labute approximate surface area is 253 Å². The lowest BCUT2D eigenvalue weighted by Gasteiger charge is -2.30. The zero-order chi connectivity index (χ0) is 29.3. The molecule has 8 nitrogen and oxygen atoms in total. The maximum absolute atomic E-state index is 13.6. The van der Waals surface area contributed by atoms with E-state index < -0.39 is 47.9 Å². The number of carbonyl (C=O) groups excluding carboxylic acids is 5. The van der Waals surface area contributed by atoms with Gasteiger partial charge in [-0.2, -0.15) is 5.01 Å². The quantitative estimate of drug-likeness (QED) is 0.0993. The minimum atomic E-state index is -0.759. The summed E-state index contributed by atoms with van der Waals surface area (Å²) >= 11 is 15.4. The highest BCUT2D eigenvalue weighted by atomic mass is 79.9. The molecule has 11 heteroatoms. The average molecular weight is 656 g/mol. The van der Waals surface area contributed by atoms with Gasteiger partial charge < -0.3 is 4.74 Å². The Balaban J connectivity index is 1.38. The first-order valence-electron chi connectivity index (χ1n) is 12.5. The molecule has 2 aliphatic rings. The third-order valence-corrected chi connectivity index (χ3v) is 8.15. The first-order chi connectivity index (χ1) is 19.6. The van der Waals surface area contributed by atoms with Crippen LogP contribution in [-0.2, 0) is 9.59 Å². The summed E-state index contributed by atoms with van der Waals surface area (Å²) in [7, 11) is 0. The van der Waals surface area contributed by atoms with Crippen LogP contribution in [0.4, 0.5) is 0 Å². The van der Waals surface area contributed by atoms with Crippen LogP contribution in [0, 0.1) is 11.8 Å². The molecule has 0 spiro atoms. The molecular weight excluding hydrogens is 635 g/mol. The summed E-state index contributed by atoms with van der Waals surface area (Å²) in [4.78, 5) is 66.1. The highest BCUT2D eigenvalue weighted by Crippen LogP contribution is 2.36. The summed E-state index contributed by atoms with van der Waals surface area (Å²) in [6.07, 6.45) is 4.40. The van der Waals surface area contributed by atoms with Crippen LogP contribution >= 0.6 is 39.1 Å². The Morgan fingerprint density at radius 2 is 1.37 bits per heavy atom. The molecule has 208 valence electrons. The van der Waals surface area contributed by atoms with E-state index in [1.54, 1.807) is 24.3 Å². The largest absolute Gasteiger partial charge is 0.423 e. The molecule has 3 aromatic rings. The summed E-state index contributed by atoms with van der Waals surface area (Å²) in [6.45, 7) is -0.596. The van der Waals surface area contributed by atoms with E-state index in [1.165, 1.54) is 42.5 Å². The van der Waals surface area contributed by atoms with Crippen molar-refractivity contribution in [2.45, 2.75) is 12.8 Å². The number of Topliss-reactive ketones (excluding diaryl/α,β-unsaturated/α-hetero) is 1. The van der Waals surface area contributed by atoms with E-state index in [4.69, 9.17) is 27.9 Å². The summed E-state index contributed by atoms with van der Waals surface area (Å²) in [5, 5.41) is 1.98. The van der Waals surface area contributed by atoms with Crippen LogP contribution in [0.25, 0.3) is 0 Å². The molecular formula is C30H21BrCl2N2O6. The number of hydrazine groups is 1. The van der Waals surface area contributed by atoms with Gasteiger partial charge in [0.2, 0.25) is 0 Å². The predicted octanol–water partition coefficient (Wildman–Crippen LogP) is 6.17. The molecule has 1 heterocycles. The summed E-state index contributed by atoms with van der Waals surface area (Å²) in [5.74, 6) is -3.96. The van der Waals surface area contributed by atoms with Crippen molar-refractivity contribution in [1.82, 2.24) is 10.0 Å². The van der Waals surface area contributed by atoms with Crippen molar-refractivity contribution in [2.24, 2.45) is 11.8 Å². The fourth-order valence-corrected chi connectivity index (χ4v) is 5.28. The molecule has 1 saturated heterocycles. The minimum Gasteiger partial charge on any atom is -0.423 e. The first kappa shape index (κ1) is 28.7. The van der Waals surface area contributed by atoms with E-state index in [0.717, 1.165) is 14.5 Å². The number of rotatable bonds is 7. The monoisotopic (exact) mass is 654 g/mol. The third-order valence-electron chi connectivity index (χ3n) is 6.89. The predicted molar refractivity (Wildman–Crippen MR) is 155 cm³/mol. The Bertz CT molecular complexity index is 1560. The SMILES string of the molecule is O=C(CN(C(=O)c1ccc(Cl)c(Cl)c1)N1C(=O)[C@H]2CC=CC[C@@H]2C1=O)c1ccc(OC(=O)c2ccc(Br)cc2)cc1. The lowest BCUT2D eigenvalue weighted by atomic mass is 9.85. The topological polar surface area (TPSA) is 101 Å². The summed E-state index contributed by atoms with van der Waals surface area (Å²) < 4.78 is 6.20. The number of benzene rings is 3. The van der Waals surface area contributed by atoms with E-state index in [2.05, 4.69) is 15.9 Å². The van der Waals surface area contributed by atoms with E-state index >= 15 is 0 Å². The van der Waals surface area contributed by atoms with Gasteiger partial charge in [0, 0.05) is 15.6 Å². The van der Waals surface area contributed by atoms with Gasteiger partial charge >= 0.3 is 5.97 Å². The van der Waals surface area contributed by atoms with Gasteiger partial charge in [-0.1, -0.05) is 51.3 Å². The van der Waals surface area contributed by atoms with Crippen molar-refractivity contribution < 1.29 is 28.7 Å². The van der Waals surface area contributed by atoms with Gasteiger partial charge in [0.25, 0.3) is 17.7 Å². The highest BCUT2D eigenvalue weighted by molar-refractivity contribution is 9.10. The molecule has 0 saturated carbocycles. The van der Waals surface area contributed by atoms with Gasteiger partial charge in [0.1, 0.15) is 12.3 Å². The van der Waals surface area contributed by atoms with E-state index in [-0.39, 0.29) is 26.9 Å². The van der Waals surface area contributed by atoms with Crippen molar-refractivity contribution in [3.63, 3.8) is 0 Å². The van der Waals surface area contributed by atoms with Gasteiger partial charge in [-0.3, -0.25) is 19.2 Å². The van der Waals surface area contributed by atoms with E-state index in [1.807, 2.05) is 12.2 Å². The van der Waals surface area contributed by atoms with E-state index in [9.17, 15) is 24.0 Å². The zero-order valence-electron chi connectivity index (χ0n) is 21.3. The number of halogens is 3. The molecule has 1 fully saturated rings. The third kappa shape index (κ3) is 5.98. The second-order valence-corrected chi connectivity index (χ2v) is 11.2. The number of esters is 1. The number of carbonyl (C=O) groups is 5. The molecule has 41 heavy (non-hydrogen) atoms. The van der Waals surface area contributed by atoms with Crippen LogP contribution in [0.3, 0.4) is 0 Å². The van der Waals surface area contributed by atoms with Gasteiger partial charge in [0.05, 0.1) is 27.4 Å². The van der Waals surface area contributed by atoms with Gasteiger partial charge in [-0.05, 0) is 79.6 Å². The molecule has 0 N–H and O–H groups in total. The van der Waals surface area contributed by atoms with Crippen molar-refractivity contribution >= 4 is 68.6 Å². The van der Waals surface area contributed by atoms with Crippen LogP contribution in [0.15, 0.2) is 83.4 Å². The molecule has 2 atom stereocenters. The Kier molecular flexibility index (Phi) is 8.40. The van der Waals surface area contributed by atoms with Crippen molar-refractivity contribution in [3.05, 3.63) is 110 Å². The molecule has 0 unspecified atom stereocenters. The maximum atomic E-state index is 13.6. The molecule has 5 rings (SSSR count). The number of fused-ring (bicyclic) bond motifs is 1. The minimum absolute atomic E-state index is 0.0519. The average Bonchev–Trinajstić information content (AvgIpc) is 3.22. The Morgan fingerprint density at radius 1 is 0.805 bits per heavy atom. The van der Waals surface area contributed by atoms with Crippen molar-refractivity contribution in [1.29, 1.82) is 0 Å². The molecule has 0 aromatic heterocycles. The number of hydrogen-bond donors (Lipinski definition) is 0. The summed E-state index contributed by atoms with van der Waals surface area (Å²) in [6, 6.07) is 16.5. The lowest BCUT2D eigenvalue weighted by molar-refractivity contribution is -0.154. The van der Waals surface area contributed by atoms with Gasteiger partial charge in [-0.15, -0.1) is 0 Å². The first-order valence-corrected chi connectivity index (χ1v) is 14.1. The molecule has 3 aromatic carbocycles. The second-order valence-electron chi connectivity index (χ2n) is 9.48. The van der Waals surface area contributed by atoms with Crippen LogP contribution in [0.1, 0.15) is 43.9 Å². The van der Waals surface area contributed by atoms with Crippen LogP contribution in [0.5, 0.6) is 5.75 Å². The van der Waals surface area contributed by atoms with Crippen molar-refractivity contribution in [3.8, 4) is 5.75 Å². The van der Waals surface area contributed by atoms with Crippen molar-refractivity contribution in [2.75, 3.05) is 6.54 Å². The molecule has 0 bridgehead atoms. The highest BCUT2D eigenvalue weighted by Gasteiger charge is 2.51. The molecule has 3 amide bonds. The molecule has 0 radical (unpaired) electrons. The lowest BCUT2D eigenvalue weighted by Crippen LogP contribution is -2.52. The fourth-order valence-electron chi connectivity index (χ4n) is 4.72. The number of nitrogens with zero attached hydrogens (tertiary/aromatic N) is 2. The Hall–Kier alpha value is -3.79. The second kappa shape index (κ2) is 12.0. The van der Waals surface area contributed by atoms with Crippen LogP contribution in [0.2, 0.25) is 10.0 Å². The molecule has 1 aliphatic heterocycles. The zero-order valence-corrected chi connectivity index (χ0v) is 24.4. The van der Waals surface area contributed by atoms with Gasteiger partial charge in [-0.25, -0.2) is 9.80 Å². The maximum Gasteiger partial charge on any atom is 0.343 e. The number of hydrogen-bond acceptors (Lipinski definition) is 6. The van der Waals surface area contributed by atoms with Gasteiger partial charge in [0.15, 0.2) is 5.78 Å². The Morgan fingerprint density at radius 3 is 1.95 bits per heavy atom. The smallest absolute Gasteiger partial charge is 0.343 e. The number of ether oxygens (including phenoxy) is 1. The standard InChI is InChI=1S/C30H21BrCl2N2O6/c31-20-10-5-18(6-11-20)30(40)41-21-12-7-17(8-13-21)26(36)16-34(27(37)19-9-14-24(32)25(33)15-19)35-28(38)22-3-1-2-4-23(22)29(35)39/h1-2,5-15,22-23H,3-4,16H2/t22-,23-/m0/s1. The van der Waals surface area contributed by atoms with Crippen LogP contribution in [-0.4, -0.2) is 46.0 Å².